The summed E-state index contributed by atoms with van der Waals surface area (Å²) in [6, 6.07) is 5.52. The number of anilines is 4. The van der Waals surface area contributed by atoms with Crippen molar-refractivity contribution >= 4 is 23.7 Å². The van der Waals surface area contributed by atoms with E-state index in [4.69, 9.17) is 5.73 Å². The van der Waals surface area contributed by atoms with Crippen molar-refractivity contribution in [2.24, 2.45) is 0 Å². The Labute approximate surface area is 171 Å². The molecule has 2 aliphatic rings. The highest BCUT2D eigenvalue weighted by Gasteiger charge is 2.27. The number of aromatic amines is 1. The molecule has 5 rings (SSSR count). The van der Waals surface area contributed by atoms with Crippen molar-refractivity contribution in [3.63, 3.8) is 0 Å². The quantitative estimate of drug-likeness (QED) is 0.589. The van der Waals surface area contributed by atoms with Crippen LogP contribution in [0.1, 0.15) is 48.8 Å². The van der Waals surface area contributed by atoms with Crippen LogP contribution >= 0.6 is 0 Å². The minimum Gasteiger partial charge on any atom is -0.368 e. The maximum atomic E-state index is 14.3. The minimum atomic E-state index is -0.441. The van der Waals surface area contributed by atoms with Crippen molar-refractivity contribution in [3.8, 4) is 0 Å². The number of halogens is 2. The van der Waals surface area contributed by atoms with Crippen LogP contribution in [0.5, 0.6) is 0 Å². The van der Waals surface area contributed by atoms with Gasteiger partial charge in [0.2, 0.25) is 17.8 Å². The summed E-state index contributed by atoms with van der Waals surface area (Å²) < 4.78 is 27.9. The largest absolute Gasteiger partial charge is 0.368 e. The Kier molecular flexibility index (Phi) is 4.68. The van der Waals surface area contributed by atoms with Gasteiger partial charge in [-0.1, -0.05) is 0 Å². The molecule has 156 valence electrons. The van der Waals surface area contributed by atoms with E-state index in [9.17, 15) is 8.78 Å². The molecule has 1 aliphatic heterocycles. The molecular weight excluding hydrogens is 390 g/mol. The number of nitrogens with two attached hydrogens (primary N) is 1. The van der Waals surface area contributed by atoms with Crippen LogP contribution in [0.2, 0.25) is 0 Å². The van der Waals surface area contributed by atoms with E-state index >= 15 is 0 Å². The number of nitrogens with zero attached hydrogens (tertiary/aromatic N) is 5. The van der Waals surface area contributed by atoms with Gasteiger partial charge < -0.3 is 16.0 Å². The molecule has 2 aromatic heterocycles. The maximum absolute atomic E-state index is 14.3. The summed E-state index contributed by atoms with van der Waals surface area (Å²) in [4.78, 5) is 14.8. The van der Waals surface area contributed by atoms with Gasteiger partial charge in [0.25, 0.3) is 0 Å². The predicted molar refractivity (Wildman–Crippen MR) is 109 cm³/mol. The van der Waals surface area contributed by atoms with Crippen molar-refractivity contribution in [1.82, 2.24) is 25.1 Å². The second-order valence-corrected chi connectivity index (χ2v) is 7.88. The van der Waals surface area contributed by atoms with Gasteiger partial charge in [-0.05, 0) is 49.4 Å². The molecule has 30 heavy (non-hydrogen) atoms. The Balaban J connectivity index is 1.35. The first-order valence-electron chi connectivity index (χ1n) is 10.1. The second-order valence-electron chi connectivity index (χ2n) is 7.88. The van der Waals surface area contributed by atoms with Crippen LogP contribution in [-0.4, -0.2) is 38.2 Å². The van der Waals surface area contributed by atoms with Crippen molar-refractivity contribution in [3.05, 3.63) is 47.2 Å². The molecular formula is C20H22F2N8. The molecule has 1 aliphatic carbocycles. The minimum absolute atomic E-state index is 0.0829. The molecule has 1 saturated carbocycles. The number of hydrogen-bond donors (Lipinski definition) is 3. The van der Waals surface area contributed by atoms with Gasteiger partial charge in [0.15, 0.2) is 5.82 Å². The summed E-state index contributed by atoms with van der Waals surface area (Å²) in [7, 11) is 0. The maximum Gasteiger partial charge on any atom is 0.235 e. The molecule has 0 bridgehead atoms. The lowest BCUT2D eigenvalue weighted by Crippen LogP contribution is -2.36. The van der Waals surface area contributed by atoms with Crippen LogP contribution in [0.4, 0.5) is 32.4 Å². The van der Waals surface area contributed by atoms with Crippen molar-refractivity contribution in [2.75, 3.05) is 29.0 Å². The number of aromatic nitrogens is 5. The molecule has 10 heteroatoms. The highest BCUT2D eigenvalue weighted by molar-refractivity contribution is 5.52. The summed E-state index contributed by atoms with van der Waals surface area (Å²) in [5.41, 5.74) is 7.38. The molecule has 1 atom stereocenters. The van der Waals surface area contributed by atoms with Gasteiger partial charge in [-0.3, -0.25) is 5.10 Å². The number of nitrogens with one attached hydrogen (secondary N) is 2. The molecule has 8 nitrogen and oxygen atoms in total. The number of hydrogen-bond acceptors (Lipinski definition) is 7. The normalized spacial score (nSPS) is 19.1. The first-order chi connectivity index (χ1) is 14.5. The van der Waals surface area contributed by atoms with Gasteiger partial charge in [-0.15, -0.1) is 0 Å². The molecule has 1 saturated heterocycles. The van der Waals surface area contributed by atoms with E-state index in [2.05, 4.69) is 30.5 Å². The third kappa shape index (κ3) is 3.89. The number of rotatable bonds is 5. The van der Waals surface area contributed by atoms with Gasteiger partial charge in [0.1, 0.15) is 11.6 Å². The molecule has 1 aromatic carbocycles. The molecule has 0 radical (unpaired) electrons. The number of H-pyrrole nitrogens is 1. The number of nitrogen functional groups attached to an aromatic ring is 1. The first-order valence-corrected chi connectivity index (χ1v) is 10.1. The van der Waals surface area contributed by atoms with Crippen molar-refractivity contribution in [2.45, 2.75) is 37.5 Å². The van der Waals surface area contributed by atoms with E-state index in [1.807, 2.05) is 11.0 Å². The van der Waals surface area contributed by atoms with Crippen LogP contribution in [0.15, 0.2) is 24.3 Å². The summed E-state index contributed by atoms with van der Waals surface area (Å²) >= 11 is 0. The van der Waals surface area contributed by atoms with Crippen molar-refractivity contribution in [1.29, 1.82) is 0 Å². The Morgan fingerprint density at radius 1 is 1.07 bits per heavy atom. The van der Waals surface area contributed by atoms with Crippen LogP contribution in [0.3, 0.4) is 0 Å². The topological polar surface area (TPSA) is 109 Å². The van der Waals surface area contributed by atoms with Gasteiger partial charge in [-0.2, -0.15) is 20.1 Å². The average Bonchev–Trinajstić information content (AvgIpc) is 3.49. The molecule has 3 heterocycles. The Bertz CT molecular complexity index is 1060. The van der Waals surface area contributed by atoms with Crippen molar-refractivity contribution < 1.29 is 8.78 Å². The lowest BCUT2D eigenvalue weighted by molar-refractivity contribution is 0.477. The predicted octanol–water partition coefficient (Wildman–Crippen LogP) is 3.46. The molecule has 0 unspecified atom stereocenters. The van der Waals surface area contributed by atoms with Gasteiger partial charge in [0, 0.05) is 36.7 Å². The number of benzene rings is 1. The Morgan fingerprint density at radius 2 is 1.93 bits per heavy atom. The molecule has 0 spiro atoms. The van der Waals surface area contributed by atoms with E-state index < -0.39 is 11.6 Å². The molecule has 4 N–H and O–H groups in total. The fourth-order valence-corrected chi connectivity index (χ4v) is 3.94. The SMILES string of the molecule is Nc1nc(Nc2cc(C3CC3)[nH]n2)nc(N2CCC[C@H](c3cc(F)ccc3F)C2)n1. The van der Waals surface area contributed by atoms with E-state index in [1.165, 1.54) is 25.0 Å². The van der Waals surface area contributed by atoms with Crippen LogP contribution in [0, 0.1) is 11.6 Å². The van der Waals surface area contributed by atoms with E-state index in [-0.39, 0.29) is 11.9 Å². The van der Waals surface area contributed by atoms with E-state index in [1.54, 1.807) is 0 Å². The lowest BCUT2D eigenvalue weighted by atomic mass is 9.90. The zero-order chi connectivity index (χ0) is 20.7. The molecule has 2 fully saturated rings. The molecule has 0 amide bonds. The van der Waals surface area contributed by atoms with E-state index in [0.29, 0.717) is 42.3 Å². The number of piperidine rings is 1. The first kappa shape index (κ1) is 18.7. The molecule has 3 aromatic rings. The third-order valence-electron chi connectivity index (χ3n) is 5.60. The van der Waals surface area contributed by atoms with Crippen LogP contribution in [-0.2, 0) is 0 Å². The average molecular weight is 412 g/mol. The fourth-order valence-electron chi connectivity index (χ4n) is 3.94. The lowest BCUT2D eigenvalue weighted by Gasteiger charge is -2.33. The zero-order valence-electron chi connectivity index (χ0n) is 16.3. The van der Waals surface area contributed by atoms with Gasteiger partial charge in [0.05, 0.1) is 0 Å². The zero-order valence-corrected chi connectivity index (χ0v) is 16.3. The summed E-state index contributed by atoms with van der Waals surface area (Å²) in [6.07, 6.45) is 3.91. The third-order valence-corrected chi connectivity index (χ3v) is 5.60. The van der Waals surface area contributed by atoms with Gasteiger partial charge >= 0.3 is 0 Å². The van der Waals surface area contributed by atoms with Gasteiger partial charge in [-0.25, -0.2) is 8.78 Å². The standard InChI is InChI=1S/C20H22F2N8/c21-13-5-6-15(22)14(8-13)12-2-1-7-30(10-12)20-26-18(23)25-19(27-20)24-17-9-16(28-29-17)11-3-4-11/h5-6,8-9,11-12H,1-4,7,10H2,(H4,23,24,25,26,27,28,29)/t12-/m0/s1. The summed E-state index contributed by atoms with van der Waals surface area (Å²) in [5, 5.41) is 10.3. The van der Waals surface area contributed by atoms with E-state index in [0.717, 1.165) is 24.6 Å². The highest BCUT2D eigenvalue weighted by Crippen LogP contribution is 2.39. The summed E-state index contributed by atoms with van der Waals surface area (Å²) in [6.45, 7) is 1.17. The highest BCUT2D eigenvalue weighted by atomic mass is 19.1. The smallest absolute Gasteiger partial charge is 0.235 e. The Hall–Kier alpha value is -3.30. The second kappa shape index (κ2) is 7.51. The van der Waals surface area contributed by atoms with Crippen LogP contribution < -0.4 is 16.0 Å². The summed E-state index contributed by atoms with van der Waals surface area (Å²) in [5.74, 6) is 0.966. The monoisotopic (exact) mass is 412 g/mol. The van der Waals surface area contributed by atoms with Crippen LogP contribution in [0.25, 0.3) is 0 Å². The Morgan fingerprint density at radius 3 is 2.77 bits per heavy atom. The fraction of sp³-hybridized carbons (Fsp3) is 0.400.